The molecule has 3 aromatic rings. The Morgan fingerprint density at radius 1 is 1.25 bits per heavy atom. The van der Waals surface area contributed by atoms with Crippen molar-refractivity contribution >= 4 is 45.2 Å². The van der Waals surface area contributed by atoms with Crippen LogP contribution in [0.4, 0.5) is 0 Å². The van der Waals surface area contributed by atoms with E-state index in [0.29, 0.717) is 5.88 Å². The average molecular weight is 398 g/mol. The third-order valence-corrected chi connectivity index (χ3v) is 4.03. The second-order valence-corrected chi connectivity index (χ2v) is 6.17. The van der Waals surface area contributed by atoms with Crippen LogP contribution in [0.25, 0.3) is 11.0 Å². The summed E-state index contributed by atoms with van der Waals surface area (Å²) in [4.78, 5) is 8.89. The van der Waals surface area contributed by atoms with Crippen LogP contribution in [0.2, 0.25) is 0 Å². The predicted molar refractivity (Wildman–Crippen MR) is 90.2 cm³/mol. The highest BCUT2D eigenvalue weighted by Gasteiger charge is 2.11. The van der Waals surface area contributed by atoms with Gasteiger partial charge >= 0.3 is 0 Å². The number of hydrogen-bond donors (Lipinski definition) is 0. The van der Waals surface area contributed by atoms with Gasteiger partial charge in [-0.1, -0.05) is 6.07 Å². The maximum Gasteiger partial charge on any atom is 0.111 e. The van der Waals surface area contributed by atoms with E-state index in [2.05, 4.69) is 56.4 Å². The molecule has 0 spiro atoms. The van der Waals surface area contributed by atoms with E-state index in [-0.39, 0.29) is 0 Å². The molecule has 0 aliphatic heterocycles. The average Bonchev–Trinajstić information content (AvgIpc) is 2.77. The molecule has 0 fully saturated rings. The van der Waals surface area contributed by atoms with Crippen LogP contribution in [0.3, 0.4) is 0 Å². The predicted octanol–water partition coefficient (Wildman–Crippen LogP) is 3.87. The lowest BCUT2D eigenvalue weighted by Crippen LogP contribution is -2.06. The Hall–Kier alpha value is -1.14. The Morgan fingerprint density at radius 2 is 2.15 bits per heavy atom. The molecule has 1 aromatic carbocycles. The second-order valence-electron chi connectivity index (χ2n) is 4.55. The Kier molecular flexibility index (Phi) is 4.21. The van der Waals surface area contributed by atoms with Crippen molar-refractivity contribution in [1.29, 1.82) is 0 Å². The normalized spacial score (nSPS) is 11.1. The van der Waals surface area contributed by atoms with Gasteiger partial charge in [0.25, 0.3) is 0 Å². The van der Waals surface area contributed by atoms with E-state index in [1.165, 1.54) is 9.13 Å². The fourth-order valence-electron chi connectivity index (χ4n) is 2.28. The minimum Gasteiger partial charge on any atom is -0.323 e. The largest absolute Gasteiger partial charge is 0.323 e. The van der Waals surface area contributed by atoms with Crippen molar-refractivity contribution in [2.45, 2.75) is 13.0 Å². The Balaban J connectivity index is 2.09. The minimum absolute atomic E-state index is 0.577. The molecular formula is C15H13ClIN3. The molecule has 0 aliphatic rings. The molecule has 0 radical (unpaired) electrons. The molecule has 3 nitrogen and oxygen atoms in total. The van der Waals surface area contributed by atoms with Gasteiger partial charge in [0.2, 0.25) is 0 Å². The smallest absolute Gasteiger partial charge is 0.111 e. The molecule has 20 heavy (non-hydrogen) atoms. The zero-order chi connectivity index (χ0) is 13.9. The zero-order valence-electron chi connectivity index (χ0n) is 10.8. The lowest BCUT2D eigenvalue weighted by Gasteiger charge is -2.08. The zero-order valence-corrected chi connectivity index (χ0v) is 13.7. The van der Waals surface area contributed by atoms with Crippen LogP contribution < -0.4 is 0 Å². The lowest BCUT2D eigenvalue weighted by molar-refractivity contribution is 0.752. The number of hydrogen-bond acceptors (Lipinski definition) is 2. The van der Waals surface area contributed by atoms with Gasteiger partial charge in [0.05, 0.1) is 17.6 Å². The van der Waals surface area contributed by atoms with Crippen LogP contribution in [-0.4, -0.2) is 20.4 Å². The first-order valence-electron chi connectivity index (χ1n) is 6.37. The highest BCUT2D eigenvalue weighted by molar-refractivity contribution is 14.1. The summed E-state index contributed by atoms with van der Waals surface area (Å²) in [6, 6.07) is 10.4. The SMILES string of the molecule is ClCCc1nc2cc(I)ccc2n1Cc1cccnc1. The summed E-state index contributed by atoms with van der Waals surface area (Å²) < 4.78 is 3.42. The van der Waals surface area contributed by atoms with Crippen molar-refractivity contribution in [2.75, 3.05) is 5.88 Å². The van der Waals surface area contributed by atoms with E-state index >= 15 is 0 Å². The number of pyridine rings is 1. The van der Waals surface area contributed by atoms with Crippen LogP contribution in [-0.2, 0) is 13.0 Å². The van der Waals surface area contributed by atoms with Gasteiger partial charge in [-0.2, -0.15) is 0 Å². The summed E-state index contributed by atoms with van der Waals surface area (Å²) in [5, 5.41) is 0. The molecule has 2 aromatic heterocycles. The molecule has 0 N–H and O–H groups in total. The Morgan fingerprint density at radius 3 is 2.90 bits per heavy atom. The van der Waals surface area contributed by atoms with Crippen molar-refractivity contribution in [3.05, 3.63) is 57.7 Å². The molecule has 0 atom stereocenters. The fraction of sp³-hybridized carbons (Fsp3) is 0.200. The van der Waals surface area contributed by atoms with Crippen LogP contribution in [0.5, 0.6) is 0 Å². The van der Waals surface area contributed by atoms with Crippen LogP contribution in [0.1, 0.15) is 11.4 Å². The van der Waals surface area contributed by atoms with Gasteiger partial charge in [-0.05, 0) is 52.4 Å². The highest BCUT2D eigenvalue weighted by atomic mass is 127. The van der Waals surface area contributed by atoms with Gasteiger partial charge in [0.15, 0.2) is 0 Å². The maximum atomic E-state index is 5.90. The summed E-state index contributed by atoms with van der Waals surface area (Å²) in [7, 11) is 0. The number of halogens is 2. The number of alkyl halides is 1. The molecule has 2 heterocycles. The van der Waals surface area contributed by atoms with Gasteiger partial charge in [-0.3, -0.25) is 4.98 Å². The molecule has 5 heteroatoms. The quantitative estimate of drug-likeness (QED) is 0.494. The van der Waals surface area contributed by atoms with Crippen molar-refractivity contribution in [2.24, 2.45) is 0 Å². The number of nitrogens with zero attached hydrogens (tertiary/aromatic N) is 3. The summed E-state index contributed by atoms with van der Waals surface area (Å²) >= 11 is 8.21. The number of aryl methyl sites for hydroxylation is 1. The third kappa shape index (κ3) is 2.81. The molecule has 0 amide bonds. The van der Waals surface area contributed by atoms with Crippen LogP contribution >= 0.6 is 34.2 Å². The molecule has 0 saturated carbocycles. The first-order valence-corrected chi connectivity index (χ1v) is 7.99. The standard InChI is InChI=1S/C15H13ClIN3/c16-6-5-15-19-13-8-12(17)3-4-14(13)20(15)10-11-2-1-7-18-9-11/h1-4,7-9H,5-6,10H2. The molecule has 102 valence electrons. The summed E-state index contributed by atoms with van der Waals surface area (Å²) in [5.41, 5.74) is 3.34. The second kappa shape index (κ2) is 6.10. The molecule has 0 saturated heterocycles. The first-order chi connectivity index (χ1) is 9.78. The van der Waals surface area contributed by atoms with E-state index in [9.17, 15) is 0 Å². The topological polar surface area (TPSA) is 30.7 Å². The van der Waals surface area contributed by atoms with Crippen LogP contribution in [0.15, 0.2) is 42.7 Å². The van der Waals surface area contributed by atoms with E-state index < -0.39 is 0 Å². The van der Waals surface area contributed by atoms with Crippen molar-refractivity contribution < 1.29 is 0 Å². The molecule has 3 rings (SSSR count). The van der Waals surface area contributed by atoms with Gasteiger partial charge in [0.1, 0.15) is 5.82 Å². The number of benzene rings is 1. The lowest BCUT2D eigenvalue weighted by atomic mass is 10.2. The Labute approximate surface area is 136 Å². The molecule has 0 bridgehead atoms. The number of rotatable bonds is 4. The van der Waals surface area contributed by atoms with E-state index in [0.717, 1.165) is 29.8 Å². The van der Waals surface area contributed by atoms with E-state index in [4.69, 9.17) is 16.6 Å². The minimum atomic E-state index is 0.577. The summed E-state index contributed by atoms with van der Waals surface area (Å²) in [6.45, 7) is 0.775. The maximum absolute atomic E-state index is 5.90. The van der Waals surface area contributed by atoms with Gasteiger partial charge in [-0.15, -0.1) is 11.6 Å². The van der Waals surface area contributed by atoms with Crippen LogP contribution in [0, 0.1) is 3.57 Å². The number of aromatic nitrogens is 3. The Bertz CT molecular complexity index is 725. The van der Waals surface area contributed by atoms with Gasteiger partial charge in [0, 0.05) is 28.3 Å². The van der Waals surface area contributed by atoms with Gasteiger partial charge < -0.3 is 4.57 Å². The van der Waals surface area contributed by atoms with Crippen molar-refractivity contribution in [1.82, 2.24) is 14.5 Å². The monoisotopic (exact) mass is 397 g/mol. The van der Waals surface area contributed by atoms with E-state index in [1.54, 1.807) is 6.20 Å². The number of fused-ring (bicyclic) bond motifs is 1. The highest BCUT2D eigenvalue weighted by Crippen LogP contribution is 2.21. The first kappa shape index (κ1) is 13.8. The molecule has 0 unspecified atom stereocenters. The summed E-state index contributed by atoms with van der Waals surface area (Å²) in [5.74, 6) is 1.61. The van der Waals surface area contributed by atoms with Crippen molar-refractivity contribution in [3.63, 3.8) is 0 Å². The fourth-order valence-corrected chi connectivity index (χ4v) is 2.92. The molecular weight excluding hydrogens is 385 g/mol. The van der Waals surface area contributed by atoms with Crippen molar-refractivity contribution in [3.8, 4) is 0 Å². The molecule has 0 aliphatic carbocycles. The third-order valence-electron chi connectivity index (χ3n) is 3.17. The summed E-state index contributed by atoms with van der Waals surface area (Å²) in [6.07, 6.45) is 4.45. The number of imidazole rings is 1. The van der Waals surface area contributed by atoms with E-state index in [1.807, 2.05) is 12.3 Å². The van der Waals surface area contributed by atoms with Gasteiger partial charge in [-0.25, -0.2) is 4.98 Å².